The molecule has 16 heavy (non-hydrogen) atoms. The zero-order valence-electron chi connectivity index (χ0n) is 8.20. The van der Waals surface area contributed by atoms with E-state index in [0.29, 0.717) is 23.1 Å². The highest BCUT2D eigenvalue weighted by Gasteiger charge is 2.03. The van der Waals surface area contributed by atoms with Crippen LogP contribution in [0.15, 0.2) is 21.8 Å². The van der Waals surface area contributed by atoms with E-state index in [1.807, 2.05) is 0 Å². The Morgan fingerprint density at radius 3 is 3.00 bits per heavy atom. The zero-order chi connectivity index (χ0) is 11.4. The number of nitrogens with zero attached hydrogens (tertiary/aromatic N) is 3. The van der Waals surface area contributed by atoms with Crippen molar-refractivity contribution in [2.75, 3.05) is 11.9 Å². The van der Waals surface area contributed by atoms with Crippen molar-refractivity contribution in [3.8, 4) is 0 Å². The Hall–Kier alpha value is -1.70. The second-order valence-corrected chi connectivity index (χ2v) is 3.83. The second-order valence-electron chi connectivity index (χ2n) is 3.04. The van der Waals surface area contributed by atoms with Gasteiger partial charge in [-0.2, -0.15) is 10.2 Å². The lowest BCUT2D eigenvalue weighted by Gasteiger charge is -2.05. The van der Waals surface area contributed by atoms with Gasteiger partial charge in [-0.15, -0.1) is 0 Å². The van der Waals surface area contributed by atoms with Gasteiger partial charge in [-0.25, -0.2) is 10.1 Å². The third kappa shape index (κ3) is 2.45. The maximum Gasteiger partial charge on any atom is 0.280 e. The molecule has 84 valence electrons. The molecule has 0 saturated carbocycles. The molecule has 8 heteroatoms. The van der Waals surface area contributed by atoms with Crippen molar-refractivity contribution >= 4 is 21.6 Å². The predicted octanol–water partition coefficient (Wildman–Crippen LogP) is 0.305. The van der Waals surface area contributed by atoms with Gasteiger partial charge in [0.05, 0.1) is 11.9 Å². The number of halogens is 1. The first kappa shape index (κ1) is 10.8. The highest BCUT2D eigenvalue weighted by Crippen LogP contribution is 2.14. The van der Waals surface area contributed by atoms with Crippen molar-refractivity contribution in [3.05, 3.63) is 33.2 Å². The summed E-state index contributed by atoms with van der Waals surface area (Å²) in [5, 5.41) is 15.6. The van der Waals surface area contributed by atoms with Gasteiger partial charge in [0.25, 0.3) is 5.56 Å². The van der Waals surface area contributed by atoms with Gasteiger partial charge in [0.15, 0.2) is 0 Å². The van der Waals surface area contributed by atoms with Crippen LogP contribution in [-0.4, -0.2) is 31.9 Å². The van der Waals surface area contributed by atoms with Gasteiger partial charge in [-0.3, -0.25) is 9.89 Å². The number of hydrogen-bond donors (Lipinski definition) is 3. The van der Waals surface area contributed by atoms with E-state index in [0.717, 1.165) is 5.82 Å². The van der Waals surface area contributed by atoms with Gasteiger partial charge >= 0.3 is 0 Å². The molecule has 0 aliphatic rings. The highest BCUT2D eigenvalue weighted by molar-refractivity contribution is 9.10. The summed E-state index contributed by atoms with van der Waals surface area (Å²) >= 11 is 3.18. The molecule has 0 amide bonds. The van der Waals surface area contributed by atoms with E-state index in [1.54, 1.807) is 6.20 Å². The molecule has 2 rings (SSSR count). The highest BCUT2D eigenvalue weighted by atomic mass is 79.9. The lowest BCUT2D eigenvalue weighted by molar-refractivity contribution is 0.894. The third-order valence-electron chi connectivity index (χ3n) is 1.94. The summed E-state index contributed by atoms with van der Waals surface area (Å²) in [5.74, 6) is 0.793. The molecule has 0 saturated heterocycles. The van der Waals surface area contributed by atoms with Crippen LogP contribution in [0, 0.1) is 0 Å². The molecule has 2 heterocycles. The number of hydrogen-bond acceptors (Lipinski definition) is 5. The summed E-state index contributed by atoms with van der Waals surface area (Å²) in [6.45, 7) is 0.638. The first-order valence-corrected chi connectivity index (χ1v) is 5.38. The molecule has 2 aromatic rings. The largest absolute Gasteiger partial charge is 0.382 e. The number of nitrogens with one attached hydrogen (secondary N) is 3. The zero-order valence-corrected chi connectivity index (χ0v) is 9.78. The fourth-order valence-corrected chi connectivity index (χ4v) is 1.50. The Kier molecular flexibility index (Phi) is 3.30. The Bertz CT molecular complexity index is 507. The molecule has 0 radical (unpaired) electrons. The average molecular weight is 285 g/mol. The molecular weight excluding hydrogens is 276 g/mol. The van der Waals surface area contributed by atoms with Crippen LogP contribution in [0.4, 0.5) is 5.69 Å². The van der Waals surface area contributed by atoms with Crippen LogP contribution in [0.3, 0.4) is 0 Å². The van der Waals surface area contributed by atoms with Crippen molar-refractivity contribution in [3.63, 3.8) is 0 Å². The summed E-state index contributed by atoms with van der Waals surface area (Å²) in [6.07, 6.45) is 3.70. The molecule has 0 fully saturated rings. The second kappa shape index (κ2) is 4.88. The Morgan fingerprint density at radius 2 is 2.25 bits per heavy atom. The van der Waals surface area contributed by atoms with Crippen molar-refractivity contribution < 1.29 is 0 Å². The number of aromatic nitrogens is 5. The summed E-state index contributed by atoms with van der Waals surface area (Å²) in [7, 11) is 0. The third-order valence-corrected chi connectivity index (χ3v) is 2.73. The normalized spacial score (nSPS) is 10.3. The van der Waals surface area contributed by atoms with E-state index in [1.165, 1.54) is 6.33 Å². The minimum absolute atomic E-state index is 0.260. The molecule has 0 unspecified atom stereocenters. The first-order chi connectivity index (χ1) is 7.77. The molecular formula is C8H9BrN6O. The molecule has 0 aromatic carbocycles. The molecule has 3 N–H and O–H groups in total. The van der Waals surface area contributed by atoms with Crippen molar-refractivity contribution in [2.24, 2.45) is 0 Å². The lowest BCUT2D eigenvalue weighted by Crippen LogP contribution is -2.14. The minimum Gasteiger partial charge on any atom is -0.382 e. The van der Waals surface area contributed by atoms with Gasteiger partial charge in [0.2, 0.25) is 0 Å². The van der Waals surface area contributed by atoms with Gasteiger partial charge in [0.1, 0.15) is 16.6 Å². The molecule has 0 aliphatic carbocycles. The smallest absolute Gasteiger partial charge is 0.280 e. The average Bonchev–Trinajstić information content (AvgIpc) is 2.77. The Balaban J connectivity index is 1.95. The Morgan fingerprint density at radius 1 is 1.38 bits per heavy atom. The first-order valence-electron chi connectivity index (χ1n) is 4.58. The van der Waals surface area contributed by atoms with Gasteiger partial charge in [-0.05, 0) is 15.9 Å². The molecule has 7 nitrogen and oxygen atoms in total. The van der Waals surface area contributed by atoms with E-state index in [4.69, 9.17) is 0 Å². The monoisotopic (exact) mass is 284 g/mol. The Labute approximate surface area is 98.8 Å². The predicted molar refractivity (Wildman–Crippen MR) is 61.1 cm³/mol. The van der Waals surface area contributed by atoms with Crippen LogP contribution in [0.1, 0.15) is 5.82 Å². The quantitative estimate of drug-likeness (QED) is 0.750. The number of H-pyrrole nitrogens is 2. The molecule has 0 atom stereocenters. The van der Waals surface area contributed by atoms with Crippen molar-refractivity contribution in [1.29, 1.82) is 0 Å². The van der Waals surface area contributed by atoms with E-state index in [2.05, 4.69) is 46.6 Å². The maximum absolute atomic E-state index is 11.2. The lowest BCUT2D eigenvalue weighted by atomic mass is 10.4. The molecule has 0 spiro atoms. The fourth-order valence-electron chi connectivity index (χ4n) is 1.17. The minimum atomic E-state index is -0.260. The standard InChI is InChI=1S/C8H9BrN6O/c9-7-5(3-12-15-8(7)16)10-2-1-6-11-4-13-14-6/h3-4H,1-2H2,(H2,10,15,16)(H,11,13,14). The maximum atomic E-state index is 11.2. The van der Waals surface area contributed by atoms with Gasteiger partial charge in [-0.1, -0.05) is 0 Å². The van der Waals surface area contributed by atoms with Crippen LogP contribution in [0.25, 0.3) is 0 Å². The van der Waals surface area contributed by atoms with Gasteiger partial charge in [0, 0.05) is 13.0 Å². The molecule has 0 aliphatic heterocycles. The summed E-state index contributed by atoms with van der Waals surface area (Å²) < 4.78 is 0.445. The van der Waals surface area contributed by atoms with Crippen LogP contribution in [-0.2, 0) is 6.42 Å². The summed E-state index contributed by atoms with van der Waals surface area (Å²) in [6, 6.07) is 0. The van der Waals surface area contributed by atoms with Crippen LogP contribution < -0.4 is 10.9 Å². The van der Waals surface area contributed by atoms with Crippen molar-refractivity contribution in [2.45, 2.75) is 6.42 Å². The fraction of sp³-hybridized carbons (Fsp3) is 0.250. The van der Waals surface area contributed by atoms with E-state index in [-0.39, 0.29) is 5.56 Å². The molecule has 0 bridgehead atoms. The number of anilines is 1. The SMILES string of the molecule is O=c1[nH]ncc(NCCc2ncn[nH]2)c1Br. The molecule has 2 aromatic heterocycles. The summed E-state index contributed by atoms with van der Waals surface area (Å²) in [4.78, 5) is 15.2. The van der Waals surface area contributed by atoms with E-state index >= 15 is 0 Å². The number of aromatic amines is 2. The van der Waals surface area contributed by atoms with Crippen LogP contribution >= 0.6 is 15.9 Å². The van der Waals surface area contributed by atoms with Gasteiger partial charge < -0.3 is 5.32 Å². The van der Waals surface area contributed by atoms with E-state index in [9.17, 15) is 4.79 Å². The summed E-state index contributed by atoms with van der Waals surface area (Å²) in [5.41, 5.74) is 0.396. The van der Waals surface area contributed by atoms with Crippen molar-refractivity contribution in [1.82, 2.24) is 25.4 Å². The van der Waals surface area contributed by atoms with E-state index < -0.39 is 0 Å². The van der Waals surface area contributed by atoms with Crippen LogP contribution in [0.2, 0.25) is 0 Å². The number of rotatable bonds is 4. The van der Waals surface area contributed by atoms with Crippen LogP contribution in [0.5, 0.6) is 0 Å². The topological polar surface area (TPSA) is 99.3 Å².